The molecule has 1 aromatic rings. The molecule has 0 aliphatic rings. The number of nitrogens with zero attached hydrogens (tertiary/aromatic N) is 1. The molecule has 0 saturated carbocycles. The van der Waals surface area contributed by atoms with Crippen LogP contribution in [0.25, 0.3) is 0 Å². The molecule has 0 fully saturated rings. The number of rotatable bonds is 15. The maximum absolute atomic E-state index is 12.3. The number of aryl methyl sites for hydroxylation is 1. The average Bonchev–Trinajstić information content (AvgIpc) is 2.62. The van der Waals surface area contributed by atoms with E-state index in [2.05, 4.69) is 4.72 Å². The van der Waals surface area contributed by atoms with Crippen LogP contribution >= 0.6 is 23.2 Å². The third-order valence-electron chi connectivity index (χ3n) is 3.71. The number of nitrogens with two attached hydrogens (primary N) is 1. The molecule has 0 aliphatic heterocycles. The topological polar surface area (TPSA) is 103 Å². The summed E-state index contributed by atoms with van der Waals surface area (Å²) in [6.45, 7) is 5.09. The van der Waals surface area contributed by atoms with Gasteiger partial charge in [0.15, 0.2) is 0 Å². The van der Waals surface area contributed by atoms with Crippen LogP contribution in [0.1, 0.15) is 11.1 Å². The van der Waals surface area contributed by atoms with Crippen molar-refractivity contribution < 1.29 is 22.6 Å². The van der Waals surface area contributed by atoms with Crippen LogP contribution in [-0.4, -0.2) is 72.5 Å². The van der Waals surface area contributed by atoms with E-state index < -0.39 is 10.2 Å². The Morgan fingerprint density at radius 2 is 1.61 bits per heavy atom. The van der Waals surface area contributed by atoms with Crippen molar-refractivity contribution in [2.24, 2.45) is 5.73 Å². The van der Waals surface area contributed by atoms with E-state index in [-0.39, 0.29) is 19.7 Å². The highest BCUT2D eigenvalue weighted by molar-refractivity contribution is 7.87. The molecule has 1 aromatic carbocycles. The monoisotopic (exact) mass is 457 g/mol. The first-order chi connectivity index (χ1) is 13.3. The molecule has 0 aromatic heterocycles. The minimum absolute atomic E-state index is 0.137. The number of hydrogen-bond acceptors (Lipinski definition) is 6. The van der Waals surface area contributed by atoms with Gasteiger partial charge in [0.1, 0.15) is 0 Å². The molecule has 0 saturated heterocycles. The minimum Gasteiger partial charge on any atom is -0.378 e. The van der Waals surface area contributed by atoms with Gasteiger partial charge in [0, 0.05) is 36.7 Å². The molecular formula is C17H29Cl2N3O5S. The zero-order valence-electron chi connectivity index (χ0n) is 16.2. The molecule has 0 spiro atoms. The predicted octanol–water partition coefficient (Wildman–Crippen LogP) is 1.58. The summed E-state index contributed by atoms with van der Waals surface area (Å²) in [5.41, 5.74) is 6.84. The van der Waals surface area contributed by atoms with Gasteiger partial charge in [-0.2, -0.15) is 17.4 Å². The van der Waals surface area contributed by atoms with E-state index in [9.17, 15) is 8.42 Å². The maximum atomic E-state index is 12.3. The van der Waals surface area contributed by atoms with Crippen LogP contribution in [0.15, 0.2) is 12.1 Å². The second-order valence-electron chi connectivity index (χ2n) is 5.96. The number of ether oxygens (including phenoxy) is 3. The van der Waals surface area contributed by atoms with E-state index >= 15 is 0 Å². The highest BCUT2D eigenvalue weighted by Gasteiger charge is 2.19. The van der Waals surface area contributed by atoms with Crippen LogP contribution in [-0.2, 0) is 31.0 Å². The van der Waals surface area contributed by atoms with Crippen molar-refractivity contribution >= 4 is 33.4 Å². The zero-order chi connectivity index (χ0) is 21.0. The van der Waals surface area contributed by atoms with Gasteiger partial charge in [-0.25, -0.2) is 0 Å². The van der Waals surface area contributed by atoms with Gasteiger partial charge in [0.25, 0.3) is 10.2 Å². The van der Waals surface area contributed by atoms with E-state index in [4.69, 9.17) is 43.1 Å². The van der Waals surface area contributed by atoms with Crippen LogP contribution in [0.2, 0.25) is 10.0 Å². The molecule has 0 unspecified atom stereocenters. The molecule has 1 rings (SSSR count). The molecule has 8 nitrogen and oxygen atoms in total. The number of benzene rings is 1. The van der Waals surface area contributed by atoms with Crippen molar-refractivity contribution in [1.29, 1.82) is 0 Å². The summed E-state index contributed by atoms with van der Waals surface area (Å²) >= 11 is 12.1. The Hall–Kier alpha value is -0.490. The Morgan fingerprint density at radius 3 is 2.18 bits per heavy atom. The molecule has 0 atom stereocenters. The van der Waals surface area contributed by atoms with Crippen LogP contribution in [0.3, 0.4) is 0 Å². The Kier molecular flexibility index (Phi) is 12.5. The first-order valence-corrected chi connectivity index (χ1v) is 11.1. The fourth-order valence-corrected chi connectivity index (χ4v) is 3.73. The fraction of sp³-hybridized carbons (Fsp3) is 0.647. The summed E-state index contributed by atoms with van der Waals surface area (Å²) in [5, 5.41) is 0.947. The minimum atomic E-state index is -3.66. The van der Waals surface area contributed by atoms with E-state index in [0.29, 0.717) is 55.2 Å². The quantitative estimate of drug-likeness (QED) is 0.387. The smallest absolute Gasteiger partial charge is 0.279 e. The van der Waals surface area contributed by atoms with E-state index in [1.807, 2.05) is 6.92 Å². The Labute approximate surface area is 177 Å². The summed E-state index contributed by atoms with van der Waals surface area (Å²) in [6.07, 6.45) is 0. The van der Waals surface area contributed by atoms with Crippen LogP contribution in [0.4, 0.5) is 0 Å². The molecule has 3 N–H and O–H groups in total. The van der Waals surface area contributed by atoms with Crippen molar-refractivity contribution in [2.75, 3.05) is 59.8 Å². The lowest BCUT2D eigenvalue weighted by Gasteiger charge is -2.20. The summed E-state index contributed by atoms with van der Waals surface area (Å²) in [7, 11) is -2.18. The van der Waals surface area contributed by atoms with Gasteiger partial charge in [0.05, 0.1) is 39.6 Å². The first-order valence-electron chi connectivity index (χ1n) is 8.86. The van der Waals surface area contributed by atoms with Gasteiger partial charge in [-0.3, -0.25) is 0 Å². The molecule has 0 aliphatic carbocycles. The lowest BCUT2D eigenvalue weighted by Crippen LogP contribution is -2.39. The second kappa shape index (κ2) is 13.7. The molecule has 0 amide bonds. The van der Waals surface area contributed by atoms with Gasteiger partial charge < -0.3 is 19.9 Å². The largest absolute Gasteiger partial charge is 0.378 e. The second-order valence-corrected chi connectivity index (χ2v) is 8.67. The lowest BCUT2D eigenvalue weighted by molar-refractivity contribution is 0.0171. The number of nitrogens with one attached hydrogen (secondary N) is 1. The summed E-state index contributed by atoms with van der Waals surface area (Å²) in [4.78, 5) is 0. The third kappa shape index (κ3) is 9.82. The molecule has 162 valence electrons. The Morgan fingerprint density at radius 1 is 1.04 bits per heavy atom. The fourth-order valence-electron chi connectivity index (χ4n) is 2.22. The summed E-state index contributed by atoms with van der Waals surface area (Å²) in [5.74, 6) is 0. The van der Waals surface area contributed by atoms with Crippen molar-refractivity contribution in [1.82, 2.24) is 9.03 Å². The van der Waals surface area contributed by atoms with Gasteiger partial charge in [-0.05, 0) is 30.2 Å². The summed E-state index contributed by atoms with van der Waals surface area (Å²) in [6, 6.07) is 3.34. The number of halogens is 2. The lowest BCUT2D eigenvalue weighted by atomic mass is 10.1. The average molecular weight is 458 g/mol. The highest BCUT2D eigenvalue weighted by Crippen LogP contribution is 2.26. The van der Waals surface area contributed by atoms with Crippen LogP contribution < -0.4 is 10.5 Å². The van der Waals surface area contributed by atoms with Crippen molar-refractivity contribution in [2.45, 2.75) is 13.5 Å². The third-order valence-corrected chi connectivity index (χ3v) is 5.79. The first kappa shape index (κ1) is 25.5. The number of hydrogen-bond donors (Lipinski definition) is 2. The molecular weight excluding hydrogens is 429 g/mol. The van der Waals surface area contributed by atoms with Crippen molar-refractivity contribution in [3.8, 4) is 0 Å². The Bertz CT molecular complexity index is 668. The summed E-state index contributed by atoms with van der Waals surface area (Å²) < 4.78 is 44.1. The van der Waals surface area contributed by atoms with Crippen molar-refractivity contribution in [3.63, 3.8) is 0 Å². The molecule has 28 heavy (non-hydrogen) atoms. The standard InChI is InChI=1S/C17H29Cl2N3O5S/c1-14-11-15(18)12-17(19)16(14)13-22(2)28(23,24)21-4-6-26-8-10-27-9-7-25-5-3-20/h11-12,21H,3-10,13,20H2,1-2H3. The van der Waals surface area contributed by atoms with Crippen LogP contribution in [0.5, 0.6) is 0 Å². The van der Waals surface area contributed by atoms with Gasteiger partial charge in [-0.15, -0.1) is 0 Å². The molecule has 11 heteroatoms. The molecule has 0 radical (unpaired) electrons. The SMILES string of the molecule is Cc1cc(Cl)cc(Cl)c1CN(C)S(=O)(=O)NCCOCCOCCOCCN. The van der Waals surface area contributed by atoms with Crippen molar-refractivity contribution in [3.05, 3.63) is 33.3 Å². The zero-order valence-corrected chi connectivity index (χ0v) is 18.6. The van der Waals surface area contributed by atoms with Gasteiger partial charge >= 0.3 is 0 Å². The normalized spacial score (nSPS) is 12.1. The van der Waals surface area contributed by atoms with E-state index in [1.165, 1.54) is 11.4 Å². The molecule has 0 heterocycles. The van der Waals surface area contributed by atoms with Gasteiger partial charge in [-0.1, -0.05) is 23.2 Å². The van der Waals surface area contributed by atoms with E-state index in [0.717, 1.165) is 5.56 Å². The van der Waals surface area contributed by atoms with E-state index in [1.54, 1.807) is 12.1 Å². The highest BCUT2D eigenvalue weighted by atomic mass is 35.5. The van der Waals surface area contributed by atoms with Gasteiger partial charge in [0.2, 0.25) is 0 Å². The Balaban J connectivity index is 2.25. The van der Waals surface area contributed by atoms with Crippen LogP contribution in [0, 0.1) is 6.92 Å². The molecule has 0 bridgehead atoms. The predicted molar refractivity (Wildman–Crippen MR) is 111 cm³/mol. The maximum Gasteiger partial charge on any atom is 0.279 e.